The summed E-state index contributed by atoms with van der Waals surface area (Å²) in [5.41, 5.74) is 4.94. The van der Waals surface area contributed by atoms with E-state index in [0.717, 1.165) is 29.7 Å². The second kappa shape index (κ2) is 11.1. The fourth-order valence-electron chi connectivity index (χ4n) is 4.17. The Morgan fingerprint density at radius 2 is 1.47 bits per heavy atom. The average Bonchev–Trinajstić information content (AvgIpc) is 2.75. The maximum atomic E-state index is 10.0. The molecular weight excluding hydrogens is 400 g/mol. The van der Waals surface area contributed by atoms with Gasteiger partial charge >= 0.3 is 0 Å². The van der Waals surface area contributed by atoms with Gasteiger partial charge in [-0.25, -0.2) is 0 Å². The Hall–Kier alpha value is -2.14. The maximum Gasteiger partial charge on any atom is 0.122 e. The van der Waals surface area contributed by atoms with Crippen LogP contribution in [0.15, 0.2) is 42.5 Å². The minimum atomic E-state index is -0.836. The van der Waals surface area contributed by atoms with Crippen LogP contribution in [-0.4, -0.2) is 40.7 Å². The quantitative estimate of drug-likeness (QED) is 0.451. The largest absolute Gasteiger partial charge is 0.493 e. The zero-order chi connectivity index (χ0) is 23.9. The van der Waals surface area contributed by atoms with Crippen molar-refractivity contribution in [1.29, 1.82) is 0 Å². The van der Waals surface area contributed by atoms with Crippen molar-refractivity contribution in [3.05, 3.63) is 70.3 Å². The molecule has 0 saturated carbocycles. The number of aryl methyl sites for hydroxylation is 2. The predicted molar refractivity (Wildman–Crippen MR) is 132 cm³/mol. The van der Waals surface area contributed by atoms with Gasteiger partial charge in [-0.05, 0) is 74.4 Å². The standard InChI is InChI=1S/C28H40O4/c1-7-28(8-2,24-10-9-23(20(3)15-24)13-14-27(5,6)31)25-11-12-26(21(4)16-25)32-19-22(17-29)18-30/h9-16,22,29-31H,7-8,17-19H2,1-6H3/b14-13+. The number of benzene rings is 2. The fraction of sp³-hybridized carbons (Fsp3) is 0.500. The van der Waals surface area contributed by atoms with Gasteiger partial charge in [-0.3, -0.25) is 0 Å². The third-order valence-corrected chi connectivity index (χ3v) is 6.42. The lowest BCUT2D eigenvalue weighted by atomic mass is 9.70. The van der Waals surface area contributed by atoms with Crippen molar-refractivity contribution in [3.8, 4) is 5.75 Å². The van der Waals surface area contributed by atoms with Gasteiger partial charge in [0.15, 0.2) is 0 Å². The fourth-order valence-corrected chi connectivity index (χ4v) is 4.17. The molecule has 176 valence electrons. The molecule has 0 radical (unpaired) electrons. The first-order valence-electron chi connectivity index (χ1n) is 11.6. The van der Waals surface area contributed by atoms with Gasteiger partial charge < -0.3 is 20.1 Å². The highest BCUT2D eigenvalue weighted by atomic mass is 16.5. The van der Waals surface area contributed by atoms with Crippen molar-refractivity contribution in [1.82, 2.24) is 0 Å². The Kier molecular flexibility index (Phi) is 9.08. The van der Waals surface area contributed by atoms with Crippen LogP contribution in [-0.2, 0) is 5.41 Å². The van der Waals surface area contributed by atoms with Gasteiger partial charge in [0.1, 0.15) is 5.75 Å². The van der Waals surface area contributed by atoms with Crippen LogP contribution in [0.25, 0.3) is 6.08 Å². The summed E-state index contributed by atoms with van der Waals surface area (Å²) < 4.78 is 5.86. The number of hydrogen-bond acceptors (Lipinski definition) is 4. The molecule has 32 heavy (non-hydrogen) atoms. The number of aliphatic hydroxyl groups excluding tert-OH is 2. The molecule has 0 saturated heterocycles. The summed E-state index contributed by atoms with van der Waals surface area (Å²) in [6, 6.07) is 13.0. The first-order valence-corrected chi connectivity index (χ1v) is 11.6. The molecule has 4 nitrogen and oxygen atoms in total. The van der Waals surface area contributed by atoms with Crippen molar-refractivity contribution in [2.24, 2.45) is 5.92 Å². The summed E-state index contributed by atoms with van der Waals surface area (Å²) in [5, 5.41) is 28.5. The molecule has 4 heteroatoms. The summed E-state index contributed by atoms with van der Waals surface area (Å²) in [4.78, 5) is 0. The van der Waals surface area contributed by atoms with Crippen molar-refractivity contribution < 1.29 is 20.1 Å². The first kappa shape index (κ1) is 26.1. The summed E-state index contributed by atoms with van der Waals surface area (Å²) >= 11 is 0. The summed E-state index contributed by atoms with van der Waals surface area (Å²) in [7, 11) is 0. The van der Waals surface area contributed by atoms with Crippen LogP contribution in [0.5, 0.6) is 5.75 Å². The molecule has 0 aromatic heterocycles. The van der Waals surface area contributed by atoms with Gasteiger partial charge in [0.2, 0.25) is 0 Å². The molecule has 0 aliphatic carbocycles. The van der Waals surface area contributed by atoms with Crippen molar-refractivity contribution in [2.75, 3.05) is 19.8 Å². The molecule has 0 heterocycles. The monoisotopic (exact) mass is 440 g/mol. The molecule has 2 aromatic carbocycles. The van der Waals surface area contributed by atoms with E-state index < -0.39 is 5.60 Å². The van der Waals surface area contributed by atoms with E-state index in [1.54, 1.807) is 13.8 Å². The Bertz CT molecular complexity index is 900. The maximum absolute atomic E-state index is 10.0. The minimum Gasteiger partial charge on any atom is -0.493 e. The van der Waals surface area contributed by atoms with E-state index in [2.05, 4.69) is 51.1 Å². The van der Waals surface area contributed by atoms with E-state index in [1.807, 2.05) is 25.1 Å². The molecule has 2 aromatic rings. The highest BCUT2D eigenvalue weighted by Crippen LogP contribution is 2.41. The van der Waals surface area contributed by atoms with Crippen LogP contribution in [0.4, 0.5) is 0 Å². The number of rotatable bonds is 11. The van der Waals surface area contributed by atoms with E-state index in [1.165, 1.54) is 16.7 Å². The van der Waals surface area contributed by atoms with E-state index in [9.17, 15) is 15.3 Å². The normalized spacial score (nSPS) is 12.7. The third-order valence-electron chi connectivity index (χ3n) is 6.42. The van der Waals surface area contributed by atoms with Crippen LogP contribution >= 0.6 is 0 Å². The second-order valence-electron chi connectivity index (χ2n) is 9.37. The number of ether oxygens (including phenoxy) is 1. The van der Waals surface area contributed by atoms with Crippen LogP contribution in [0, 0.1) is 19.8 Å². The van der Waals surface area contributed by atoms with Gasteiger partial charge in [0.25, 0.3) is 0 Å². The smallest absolute Gasteiger partial charge is 0.122 e. The summed E-state index contributed by atoms with van der Waals surface area (Å²) in [6.45, 7) is 12.3. The van der Waals surface area contributed by atoms with Gasteiger partial charge in [-0.1, -0.05) is 56.3 Å². The molecule has 0 fully saturated rings. The minimum absolute atomic E-state index is 0.0945. The van der Waals surface area contributed by atoms with Crippen molar-refractivity contribution >= 4 is 6.08 Å². The molecule has 0 amide bonds. The lowest BCUT2D eigenvalue weighted by Gasteiger charge is -2.34. The zero-order valence-corrected chi connectivity index (χ0v) is 20.5. The Balaban J connectivity index is 2.39. The molecule has 0 aliphatic rings. The van der Waals surface area contributed by atoms with Crippen molar-refractivity contribution in [3.63, 3.8) is 0 Å². The van der Waals surface area contributed by atoms with Crippen LogP contribution in [0.1, 0.15) is 68.4 Å². The lowest BCUT2D eigenvalue weighted by Crippen LogP contribution is -2.26. The van der Waals surface area contributed by atoms with Crippen LogP contribution < -0.4 is 4.74 Å². The summed E-state index contributed by atoms with van der Waals surface area (Å²) in [5.74, 6) is 0.511. The molecular formula is C28H40O4. The van der Waals surface area contributed by atoms with Gasteiger partial charge in [0.05, 0.1) is 25.4 Å². The van der Waals surface area contributed by atoms with Crippen LogP contribution in [0.3, 0.4) is 0 Å². The molecule has 0 aliphatic heterocycles. The molecule has 0 bridgehead atoms. The van der Waals surface area contributed by atoms with E-state index in [0.29, 0.717) is 6.61 Å². The van der Waals surface area contributed by atoms with Gasteiger partial charge in [-0.2, -0.15) is 0 Å². The molecule has 2 rings (SSSR count). The molecule has 0 unspecified atom stereocenters. The molecule has 0 atom stereocenters. The first-order chi connectivity index (χ1) is 15.1. The lowest BCUT2D eigenvalue weighted by molar-refractivity contribution is 0.106. The number of hydrogen-bond donors (Lipinski definition) is 3. The SMILES string of the molecule is CCC(CC)(c1ccc(/C=C/C(C)(C)O)c(C)c1)c1ccc(OCC(CO)CO)c(C)c1. The highest BCUT2D eigenvalue weighted by Gasteiger charge is 2.31. The molecule has 3 N–H and O–H groups in total. The van der Waals surface area contributed by atoms with Crippen LogP contribution in [0.2, 0.25) is 0 Å². The topological polar surface area (TPSA) is 69.9 Å². The van der Waals surface area contributed by atoms with E-state index >= 15 is 0 Å². The van der Waals surface area contributed by atoms with E-state index in [-0.39, 0.29) is 24.5 Å². The average molecular weight is 441 g/mol. The Morgan fingerprint density at radius 3 is 1.94 bits per heavy atom. The van der Waals surface area contributed by atoms with Gasteiger partial charge in [-0.15, -0.1) is 0 Å². The number of aliphatic hydroxyl groups is 3. The highest BCUT2D eigenvalue weighted by molar-refractivity contribution is 5.57. The Morgan fingerprint density at radius 1 is 0.906 bits per heavy atom. The second-order valence-corrected chi connectivity index (χ2v) is 9.37. The van der Waals surface area contributed by atoms with Gasteiger partial charge in [0, 0.05) is 11.3 Å². The molecule has 0 spiro atoms. The van der Waals surface area contributed by atoms with Crippen molar-refractivity contribution in [2.45, 2.75) is 65.4 Å². The Labute approximate surface area is 193 Å². The predicted octanol–water partition coefficient (Wildman–Crippen LogP) is 5.17. The zero-order valence-electron chi connectivity index (χ0n) is 20.5. The van der Waals surface area contributed by atoms with E-state index in [4.69, 9.17) is 4.74 Å². The third kappa shape index (κ3) is 6.22. The summed E-state index contributed by atoms with van der Waals surface area (Å²) in [6.07, 6.45) is 5.75.